The maximum atomic E-state index is 12.8. The van der Waals surface area contributed by atoms with E-state index < -0.39 is 10.0 Å². The Bertz CT molecular complexity index is 1070. The number of carbonyl (C=O) groups excluding carboxylic acids is 1. The minimum atomic E-state index is -3.47. The molecule has 2 fully saturated rings. The summed E-state index contributed by atoms with van der Waals surface area (Å²) in [6, 6.07) is 10.7. The number of benzene rings is 1. The zero-order chi connectivity index (χ0) is 24.0. The molecule has 34 heavy (non-hydrogen) atoms. The topological polar surface area (TPSA) is 101 Å². The van der Waals surface area contributed by atoms with Gasteiger partial charge in [0.15, 0.2) is 11.5 Å². The first-order valence-electron chi connectivity index (χ1n) is 11.7. The van der Waals surface area contributed by atoms with Crippen molar-refractivity contribution in [2.24, 2.45) is 0 Å². The Hall–Kier alpha value is -2.85. The minimum absolute atomic E-state index is 0.0320. The van der Waals surface area contributed by atoms with Gasteiger partial charge in [-0.3, -0.25) is 4.79 Å². The molecule has 1 aliphatic carbocycles. The zero-order valence-electron chi connectivity index (χ0n) is 19.5. The SMILES string of the molecule is COc1cc(C(=O)NCCS(=O)(=O)N2CCN(c3ccccn3)CC2)ccc1OC1CCCC1. The number of hydrogen-bond donors (Lipinski definition) is 1. The van der Waals surface area contributed by atoms with Crippen molar-refractivity contribution in [3.8, 4) is 11.5 Å². The summed E-state index contributed by atoms with van der Waals surface area (Å²) in [6.45, 7) is 1.98. The van der Waals surface area contributed by atoms with E-state index in [9.17, 15) is 13.2 Å². The number of carbonyl (C=O) groups is 1. The molecule has 1 aromatic carbocycles. The van der Waals surface area contributed by atoms with Crippen molar-refractivity contribution < 1.29 is 22.7 Å². The van der Waals surface area contributed by atoms with Gasteiger partial charge in [0.05, 0.1) is 19.0 Å². The van der Waals surface area contributed by atoms with Crippen LogP contribution in [0.4, 0.5) is 5.82 Å². The first-order chi connectivity index (χ1) is 16.5. The normalized spacial score (nSPS) is 17.5. The van der Waals surface area contributed by atoms with Crippen molar-refractivity contribution in [3.63, 3.8) is 0 Å². The lowest BCUT2D eigenvalue weighted by atomic mass is 10.2. The standard InChI is InChI=1S/C24H32N4O5S/c1-32-22-18-19(9-10-21(22)33-20-6-2-3-7-20)24(29)26-12-17-34(30,31)28-15-13-27(14-16-28)23-8-4-5-11-25-23/h4-5,8-11,18,20H,2-3,6-7,12-17H2,1H3,(H,26,29). The number of methoxy groups -OCH3 is 1. The Morgan fingerprint density at radius 1 is 1.09 bits per heavy atom. The number of nitrogens with zero attached hydrogens (tertiary/aromatic N) is 3. The number of pyridine rings is 1. The van der Waals surface area contributed by atoms with Gasteiger partial charge in [0.25, 0.3) is 5.91 Å². The molecule has 1 amide bonds. The van der Waals surface area contributed by atoms with E-state index in [0.717, 1.165) is 31.5 Å². The van der Waals surface area contributed by atoms with E-state index in [4.69, 9.17) is 9.47 Å². The molecule has 10 heteroatoms. The fraction of sp³-hybridized carbons (Fsp3) is 0.500. The maximum absolute atomic E-state index is 12.8. The first kappa shape index (κ1) is 24.3. The molecule has 4 rings (SSSR count). The molecule has 2 aliphatic rings. The van der Waals surface area contributed by atoms with Crippen molar-refractivity contribution in [3.05, 3.63) is 48.2 Å². The number of amides is 1. The number of hydrogen-bond acceptors (Lipinski definition) is 7. The number of aromatic nitrogens is 1. The Balaban J connectivity index is 1.26. The summed E-state index contributed by atoms with van der Waals surface area (Å²) >= 11 is 0. The van der Waals surface area contributed by atoms with Crippen molar-refractivity contribution in [2.45, 2.75) is 31.8 Å². The largest absolute Gasteiger partial charge is 0.493 e. The van der Waals surface area contributed by atoms with Gasteiger partial charge in [-0.05, 0) is 56.0 Å². The zero-order valence-corrected chi connectivity index (χ0v) is 20.3. The summed E-state index contributed by atoms with van der Waals surface area (Å²) in [7, 11) is -1.93. The smallest absolute Gasteiger partial charge is 0.251 e. The van der Waals surface area contributed by atoms with Crippen LogP contribution in [0.1, 0.15) is 36.0 Å². The molecule has 2 heterocycles. The second kappa shape index (κ2) is 11.1. The van der Waals surface area contributed by atoms with Crippen molar-refractivity contribution >= 4 is 21.7 Å². The van der Waals surface area contributed by atoms with Crippen LogP contribution in [0.25, 0.3) is 0 Å². The molecule has 0 radical (unpaired) electrons. The molecule has 0 atom stereocenters. The van der Waals surface area contributed by atoms with Crippen LogP contribution in [0.15, 0.2) is 42.6 Å². The number of ether oxygens (including phenoxy) is 2. The fourth-order valence-corrected chi connectivity index (χ4v) is 5.69. The maximum Gasteiger partial charge on any atom is 0.251 e. The van der Waals surface area contributed by atoms with Crippen LogP contribution in [0, 0.1) is 0 Å². The van der Waals surface area contributed by atoms with Crippen LogP contribution in [-0.2, 0) is 10.0 Å². The van der Waals surface area contributed by atoms with Crippen molar-refractivity contribution in [1.82, 2.24) is 14.6 Å². The van der Waals surface area contributed by atoms with Gasteiger partial charge in [-0.1, -0.05) is 6.07 Å². The summed E-state index contributed by atoms with van der Waals surface area (Å²) in [5, 5.41) is 2.71. The summed E-state index contributed by atoms with van der Waals surface area (Å²) in [4.78, 5) is 19.0. The van der Waals surface area contributed by atoms with Crippen LogP contribution >= 0.6 is 0 Å². The molecular formula is C24H32N4O5S. The lowest BCUT2D eigenvalue weighted by Gasteiger charge is -2.34. The lowest BCUT2D eigenvalue weighted by Crippen LogP contribution is -2.50. The third kappa shape index (κ3) is 5.98. The predicted molar refractivity (Wildman–Crippen MR) is 130 cm³/mol. The van der Waals surface area contributed by atoms with Gasteiger partial charge in [0.2, 0.25) is 10.0 Å². The number of sulfonamides is 1. The summed E-state index contributed by atoms with van der Waals surface area (Å²) < 4.78 is 38.4. The highest BCUT2D eigenvalue weighted by Gasteiger charge is 2.27. The molecule has 1 N–H and O–H groups in total. The highest BCUT2D eigenvalue weighted by atomic mass is 32.2. The predicted octanol–water partition coefficient (Wildman–Crippen LogP) is 2.29. The summed E-state index contributed by atoms with van der Waals surface area (Å²) in [6.07, 6.45) is 6.29. The van der Waals surface area contributed by atoms with Gasteiger partial charge < -0.3 is 19.7 Å². The number of piperazine rings is 1. The van der Waals surface area contributed by atoms with E-state index in [1.807, 2.05) is 18.2 Å². The van der Waals surface area contributed by atoms with E-state index in [1.54, 1.807) is 31.5 Å². The van der Waals surface area contributed by atoms with Crippen LogP contribution < -0.4 is 19.7 Å². The highest BCUT2D eigenvalue weighted by Crippen LogP contribution is 2.32. The first-order valence-corrected chi connectivity index (χ1v) is 13.3. The third-order valence-electron chi connectivity index (χ3n) is 6.27. The Labute approximate surface area is 201 Å². The number of nitrogens with one attached hydrogen (secondary N) is 1. The highest BCUT2D eigenvalue weighted by molar-refractivity contribution is 7.89. The van der Waals surface area contributed by atoms with E-state index >= 15 is 0 Å². The number of anilines is 1. The van der Waals surface area contributed by atoms with Crippen LogP contribution in [0.5, 0.6) is 11.5 Å². The van der Waals surface area contributed by atoms with Gasteiger partial charge >= 0.3 is 0 Å². The summed E-state index contributed by atoms with van der Waals surface area (Å²) in [5.41, 5.74) is 0.400. The van der Waals surface area contributed by atoms with E-state index in [2.05, 4.69) is 15.2 Å². The van der Waals surface area contributed by atoms with Crippen LogP contribution in [0.3, 0.4) is 0 Å². The molecule has 2 aromatic rings. The lowest BCUT2D eigenvalue weighted by molar-refractivity contribution is 0.0955. The molecule has 0 bridgehead atoms. The quantitative estimate of drug-likeness (QED) is 0.578. The van der Waals surface area contributed by atoms with E-state index in [0.29, 0.717) is 43.2 Å². The molecule has 1 aliphatic heterocycles. The third-order valence-corrected chi connectivity index (χ3v) is 8.14. The van der Waals surface area contributed by atoms with E-state index in [-0.39, 0.29) is 24.3 Å². The number of rotatable bonds is 9. The molecular weight excluding hydrogens is 456 g/mol. The van der Waals surface area contributed by atoms with E-state index in [1.165, 1.54) is 4.31 Å². The molecule has 1 saturated heterocycles. The Morgan fingerprint density at radius 3 is 2.53 bits per heavy atom. The Morgan fingerprint density at radius 2 is 1.85 bits per heavy atom. The fourth-order valence-electron chi connectivity index (χ4n) is 4.35. The molecule has 0 unspecified atom stereocenters. The minimum Gasteiger partial charge on any atom is -0.493 e. The molecule has 1 saturated carbocycles. The Kier molecular flexibility index (Phi) is 7.89. The average molecular weight is 489 g/mol. The van der Waals surface area contributed by atoms with Gasteiger partial charge in [-0.2, -0.15) is 4.31 Å². The molecule has 0 spiro atoms. The van der Waals surface area contributed by atoms with Crippen LogP contribution in [-0.4, -0.2) is 75.3 Å². The second-order valence-electron chi connectivity index (χ2n) is 8.54. The van der Waals surface area contributed by atoms with Crippen LogP contribution in [0.2, 0.25) is 0 Å². The molecule has 9 nitrogen and oxygen atoms in total. The summed E-state index contributed by atoms with van der Waals surface area (Å²) in [5.74, 6) is 1.47. The van der Waals surface area contributed by atoms with Gasteiger partial charge in [-0.25, -0.2) is 13.4 Å². The van der Waals surface area contributed by atoms with Crippen molar-refractivity contribution in [2.75, 3.05) is 50.5 Å². The van der Waals surface area contributed by atoms with Crippen molar-refractivity contribution in [1.29, 1.82) is 0 Å². The second-order valence-corrected chi connectivity index (χ2v) is 10.6. The monoisotopic (exact) mass is 488 g/mol. The molecule has 184 valence electrons. The van der Waals surface area contributed by atoms with Gasteiger partial charge in [-0.15, -0.1) is 0 Å². The molecule has 1 aromatic heterocycles. The van der Waals surface area contributed by atoms with Gasteiger partial charge in [0, 0.05) is 44.5 Å². The van der Waals surface area contributed by atoms with Gasteiger partial charge in [0.1, 0.15) is 5.82 Å². The average Bonchev–Trinajstić information content (AvgIpc) is 3.38.